The molecule has 1 aromatic heterocycles. The second kappa shape index (κ2) is 7.14. The van der Waals surface area contributed by atoms with E-state index < -0.39 is 0 Å². The first-order valence-electron chi connectivity index (χ1n) is 8.51. The number of benzene rings is 3. The average molecular weight is 360 g/mol. The van der Waals surface area contributed by atoms with Gasteiger partial charge in [0.1, 0.15) is 5.82 Å². The average Bonchev–Trinajstić information content (AvgIpc) is 2.67. The zero-order chi connectivity index (χ0) is 17.9. The van der Waals surface area contributed by atoms with Crippen molar-refractivity contribution in [1.82, 2.24) is 9.97 Å². The molecule has 0 spiro atoms. The Hall–Kier alpha value is -2.91. The van der Waals surface area contributed by atoms with E-state index in [0.29, 0.717) is 17.4 Å². The Kier molecular flexibility index (Phi) is 4.55. The van der Waals surface area contributed by atoms with E-state index in [1.54, 1.807) is 0 Å². The van der Waals surface area contributed by atoms with E-state index >= 15 is 0 Å². The number of hydrogen-bond acceptors (Lipinski definition) is 3. The van der Waals surface area contributed by atoms with Crippen LogP contribution in [0.2, 0.25) is 5.02 Å². The molecule has 0 radical (unpaired) electrons. The third kappa shape index (κ3) is 3.53. The second-order valence-electron chi connectivity index (χ2n) is 6.26. The minimum absolute atomic E-state index is 0.667. The standard InChI is InChI=1S/C22H18ClN3/c1-15-7-9-17(10-8-15)21-25-20-13-18(23)11-12-19(20)22(26-21)24-14-16-5-3-2-4-6-16/h2-13H,14H2,1H3,(H,24,25,26). The van der Waals surface area contributed by atoms with Crippen molar-refractivity contribution < 1.29 is 0 Å². The smallest absolute Gasteiger partial charge is 0.162 e. The van der Waals surface area contributed by atoms with Crippen LogP contribution < -0.4 is 5.32 Å². The van der Waals surface area contributed by atoms with Crippen molar-refractivity contribution in [1.29, 1.82) is 0 Å². The summed E-state index contributed by atoms with van der Waals surface area (Å²) < 4.78 is 0. The Morgan fingerprint density at radius 2 is 1.65 bits per heavy atom. The van der Waals surface area contributed by atoms with Gasteiger partial charge in [0.15, 0.2) is 5.82 Å². The van der Waals surface area contributed by atoms with Crippen LogP contribution in [0.5, 0.6) is 0 Å². The van der Waals surface area contributed by atoms with Crippen LogP contribution in [0.25, 0.3) is 22.3 Å². The normalized spacial score (nSPS) is 10.8. The molecule has 0 amide bonds. The lowest BCUT2D eigenvalue weighted by Gasteiger charge is -2.11. The molecule has 3 aromatic carbocycles. The molecule has 0 saturated carbocycles. The van der Waals surface area contributed by atoms with Gasteiger partial charge in [0.05, 0.1) is 5.52 Å². The Bertz CT molecular complexity index is 1040. The molecule has 26 heavy (non-hydrogen) atoms. The van der Waals surface area contributed by atoms with Crippen LogP contribution in [-0.4, -0.2) is 9.97 Å². The molecule has 4 rings (SSSR count). The minimum atomic E-state index is 0.667. The highest BCUT2D eigenvalue weighted by Gasteiger charge is 2.10. The maximum absolute atomic E-state index is 6.18. The highest BCUT2D eigenvalue weighted by Crippen LogP contribution is 2.27. The number of nitrogens with zero attached hydrogens (tertiary/aromatic N) is 2. The lowest BCUT2D eigenvalue weighted by atomic mass is 10.1. The van der Waals surface area contributed by atoms with E-state index in [2.05, 4.69) is 36.5 Å². The number of halogens is 1. The lowest BCUT2D eigenvalue weighted by Crippen LogP contribution is -2.04. The first kappa shape index (κ1) is 16.6. The second-order valence-corrected chi connectivity index (χ2v) is 6.70. The summed E-state index contributed by atoms with van der Waals surface area (Å²) in [6.07, 6.45) is 0. The van der Waals surface area contributed by atoms with E-state index in [4.69, 9.17) is 21.6 Å². The van der Waals surface area contributed by atoms with Gasteiger partial charge in [0.2, 0.25) is 0 Å². The summed E-state index contributed by atoms with van der Waals surface area (Å²) in [5.41, 5.74) is 4.23. The monoisotopic (exact) mass is 359 g/mol. The van der Waals surface area contributed by atoms with Gasteiger partial charge >= 0.3 is 0 Å². The quantitative estimate of drug-likeness (QED) is 0.495. The molecule has 0 saturated heterocycles. The molecule has 0 aliphatic carbocycles. The zero-order valence-electron chi connectivity index (χ0n) is 14.4. The van der Waals surface area contributed by atoms with Crippen LogP contribution in [0.15, 0.2) is 72.8 Å². The van der Waals surface area contributed by atoms with Crippen LogP contribution in [-0.2, 0) is 6.54 Å². The number of rotatable bonds is 4. The molecular weight excluding hydrogens is 342 g/mol. The van der Waals surface area contributed by atoms with Gasteiger partial charge in [-0.15, -0.1) is 0 Å². The Labute approximate surface area is 157 Å². The Morgan fingerprint density at radius 1 is 0.885 bits per heavy atom. The van der Waals surface area contributed by atoms with E-state index in [9.17, 15) is 0 Å². The summed E-state index contributed by atoms with van der Waals surface area (Å²) >= 11 is 6.18. The number of hydrogen-bond donors (Lipinski definition) is 1. The maximum atomic E-state index is 6.18. The Balaban J connectivity index is 1.77. The van der Waals surface area contributed by atoms with Crippen LogP contribution in [0, 0.1) is 6.92 Å². The van der Waals surface area contributed by atoms with Gasteiger partial charge in [-0.05, 0) is 30.7 Å². The third-order valence-corrected chi connectivity index (χ3v) is 4.51. The number of aromatic nitrogens is 2. The summed E-state index contributed by atoms with van der Waals surface area (Å²) in [5, 5.41) is 5.08. The van der Waals surface area contributed by atoms with Crippen molar-refractivity contribution in [3.63, 3.8) is 0 Å². The molecule has 3 nitrogen and oxygen atoms in total. The predicted octanol–water partition coefficient (Wildman–Crippen LogP) is 5.87. The van der Waals surface area contributed by atoms with E-state index in [0.717, 1.165) is 22.3 Å². The third-order valence-electron chi connectivity index (χ3n) is 4.27. The highest BCUT2D eigenvalue weighted by atomic mass is 35.5. The topological polar surface area (TPSA) is 37.8 Å². The molecule has 4 aromatic rings. The summed E-state index contributed by atoms with van der Waals surface area (Å²) in [7, 11) is 0. The minimum Gasteiger partial charge on any atom is -0.365 e. The molecule has 128 valence electrons. The Morgan fingerprint density at radius 3 is 2.42 bits per heavy atom. The van der Waals surface area contributed by atoms with Crippen molar-refractivity contribution >= 4 is 28.3 Å². The van der Waals surface area contributed by atoms with Crippen molar-refractivity contribution in [3.8, 4) is 11.4 Å². The summed E-state index contributed by atoms with van der Waals surface area (Å²) in [4.78, 5) is 9.50. The molecule has 0 atom stereocenters. The molecular formula is C22H18ClN3. The fraction of sp³-hybridized carbons (Fsp3) is 0.0909. The van der Waals surface area contributed by atoms with Gasteiger partial charge in [0.25, 0.3) is 0 Å². The molecule has 1 heterocycles. The fourth-order valence-electron chi connectivity index (χ4n) is 2.85. The van der Waals surface area contributed by atoms with Gasteiger partial charge < -0.3 is 5.32 Å². The van der Waals surface area contributed by atoms with E-state index in [1.807, 2.05) is 48.5 Å². The van der Waals surface area contributed by atoms with Gasteiger partial charge in [-0.25, -0.2) is 9.97 Å². The molecule has 0 unspecified atom stereocenters. The van der Waals surface area contributed by atoms with Crippen LogP contribution in [0.3, 0.4) is 0 Å². The highest BCUT2D eigenvalue weighted by molar-refractivity contribution is 6.31. The number of anilines is 1. The molecule has 4 heteroatoms. The first-order valence-corrected chi connectivity index (χ1v) is 8.89. The number of fused-ring (bicyclic) bond motifs is 1. The van der Waals surface area contributed by atoms with Crippen molar-refractivity contribution in [2.75, 3.05) is 5.32 Å². The number of aryl methyl sites for hydroxylation is 1. The fourth-order valence-corrected chi connectivity index (χ4v) is 3.02. The van der Waals surface area contributed by atoms with Crippen LogP contribution in [0.1, 0.15) is 11.1 Å². The van der Waals surface area contributed by atoms with Crippen LogP contribution in [0.4, 0.5) is 5.82 Å². The lowest BCUT2D eigenvalue weighted by molar-refractivity contribution is 1.11. The summed E-state index contributed by atoms with van der Waals surface area (Å²) in [6, 6.07) is 24.2. The van der Waals surface area contributed by atoms with E-state index in [-0.39, 0.29) is 0 Å². The van der Waals surface area contributed by atoms with Gasteiger partial charge in [-0.2, -0.15) is 0 Å². The molecule has 1 N–H and O–H groups in total. The maximum Gasteiger partial charge on any atom is 0.162 e. The van der Waals surface area contributed by atoms with Crippen molar-refractivity contribution in [2.45, 2.75) is 13.5 Å². The largest absolute Gasteiger partial charge is 0.365 e. The molecule has 0 fully saturated rings. The zero-order valence-corrected chi connectivity index (χ0v) is 15.2. The van der Waals surface area contributed by atoms with E-state index in [1.165, 1.54) is 11.1 Å². The summed E-state index contributed by atoms with van der Waals surface area (Å²) in [5.74, 6) is 1.50. The number of nitrogens with one attached hydrogen (secondary N) is 1. The van der Waals surface area contributed by atoms with Crippen LogP contribution >= 0.6 is 11.6 Å². The van der Waals surface area contributed by atoms with Gasteiger partial charge in [-0.1, -0.05) is 71.8 Å². The van der Waals surface area contributed by atoms with Crippen molar-refractivity contribution in [3.05, 3.63) is 88.9 Å². The van der Waals surface area contributed by atoms with Crippen molar-refractivity contribution in [2.24, 2.45) is 0 Å². The first-order chi connectivity index (χ1) is 12.7. The summed E-state index contributed by atoms with van der Waals surface area (Å²) in [6.45, 7) is 2.76. The molecule has 0 aliphatic heterocycles. The molecule has 0 aliphatic rings. The predicted molar refractivity (Wildman–Crippen MR) is 108 cm³/mol. The SMILES string of the molecule is Cc1ccc(-c2nc(NCc3ccccc3)c3ccc(Cl)cc3n2)cc1. The van der Waals surface area contributed by atoms with Gasteiger partial charge in [-0.3, -0.25) is 0 Å². The molecule has 0 bridgehead atoms. The van der Waals surface area contributed by atoms with Gasteiger partial charge in [0, 0.05) is 22.5 Å².